The minimum absolute atomic E-state index is 0.344. The number of hydrogen-bond donors (Lipinski definition) is 0. The quantitative estimate of drug-likeness (QED) is 0.692. The van der Waals surface area contributed by atoms with E-state index in [-0.39, 0.29) is 0 Å². The summed E-state index contributed by atoms with van der Waals surface area (Å²) in [5.74, 6) is 1.33. The van der Waals surface area contributed by atoms with E-state index in [1.54, 1.807) is 0 Å². The molecule has 0 saturated heterocycles. The molecule has 2 aliphatic rings. The molecular weight excluding hydrogens is 240 g/mol. The second-order valence-electron chi connectivity index (χ2n) is 4.28. The summed E-state index contributed by atoms with van der Waals surface area (Å²) in [6, 6.07) is 6.32. The Bertz CT molecular complexity index is 411. The van der Waals surface area contributed by atoms with E-state index in [1.165, 1.54) is 17.5 Å². The molecule has 0 N–H and O–H groups in total. The average Bonchev–Trinajstić information content (AvgIpc) is 2.06. The molecule has 0 spiro atoms. The third-order valence-electron chi connectivity index (χ3n) is 3.56. The molecular formula is C12H11BrO. The van der Waals surface area contributed by atoms with E-state index in [0.717, 1.165) is 10.9 Å². The lowest BCUT2D eigenvalue weighted by atomic mass is 9.62. The van der Waals surface area contributed by atoms with E-state index in [4.69, 9.17) is 0 Å². The Morgan fingerprint density at radius 2 is 2.00 bits per heavy atom. The zero-order valence-electron chi connectivity index (χ0n) is 7.79. The van der Waals surface area contributed by atoms with Gasteiger partial charge in [-0.05, 0) is 42.0 Å². The zero-order chi connectivity index (χ0) is 9.71. The number of benzene rings is 1. The van der Waals surface area contributed by atoms with Crippen LogP contribution in [-0.4, -0.2) is 5.78 Å². The Hall–Kier alpha value is -0.630. The summed E-state index contributed by atoms with van der Waals surface area (Å²) < 4.78 is 1.14. The lowest BCUT2D eigenvalue weighted by Crippen LogP contribution is -2.36. The van der Waals surface area contributed by atoms with Crippen molar-refractivity contribution in [3.63, 3.8) is 0 Å². The summed E-state index contributed by atoms with van der Waals surface area (Å²) >= 11 is 3.49. The summed E-state index contributed by atoms with van der Waals surface area (Å²) in [4.78, 5) is 11.7. The zero-order valence-corrected chi connectivity index (χ0v) is 9.38. The molecule has 0 bridgehead atoms. The van der Waals surface area contributed by atoms with Gasteiger partial charge in [0.1, 0.15) is 5.78 Å². The van der Waals surface area contributed by atoms with Crippen LogP contribution in [0, 0.1) is 5.92 Å². The second-order valence-corrected chi connectivity index (χ2v) is 5.19. The minimum atomic E-state index is 0.344. The second kappa shape index (κ2) is 2.93. The molecule has 2 unspecified atom stereocenters. The van der Waals surface area contributed by atoms with E-state index >= 15 is 0 Å². The van der Waals surface area contributed by atoms with Crippen LogP contribution in [0.15, 0.2) is 22.7 Å². The Morgan fingerprint density at radius 1 is 1.21 bits per heavy atom. The van der Waals surface area contributed by atoms with E-state index < -0.39 is 0 Å². The van der Waals surface area contributed by atoms with Gasteiger partial charge in [-0.3, -0.25) is 4.79 Å². The third-order valence-corrected chi connectivity index (χ3v) is 4.05. The third kappa shape index (κ3) is 1.10. The molecule has 0 aromatic heterocycles. The lowest BCUT2D eigenvalue weighted by Gasteiger charge is -2.40. The first-order valence-corrected chi connectivity index (χ1v) is 5.86. The van der Waals surface area contributed by atoms with Gasteiger partial charge in [0.15, 0.2) is 0 Å². The monoisotopic (exact) mass is 250 g/mol. The molecule has 2 aliphatic carbocycles. The first kappa shape index (κ1) is 8.66. The van der Waals surface area contributed by atoms with Gasteiger partial charge in [-0.2, -0.15) is 0 Å². The fraction of sp³-hybridized carbons (Fsp3) is 0.417. The summed E-state index contributed by atoms with van der Waals surface area (Å²) in [5, 5.41) is 0. The fourth-order valence-corrected chi connectivity index (χ4v) is 3.03. The highest BCUT2D eigenvalue weighted by molar-refractivity contribution is 9.10. The average molecular weight is 251 g/mol. The fourth-order valence-electron chi connectivity index (χ4n) is 2.65. The minimum Gasteiger partial charge on any atom is -0.299 e. The van der Waals surface area contributed by atoms with Crippen molar-refractivity contribution in [3.05, 3.63) is 33.8 Å². The van der Waals surface area contributed by atoms with Crippen LogP contribution in [0.1, 0.15) is 29.9 Å². The van der Waals surface area contributed by atoms with E-state index in [0.29, 0.717) is 24.0 Å². The topological polar surface area (TPSA) is 17.1 Å². The predicted molar refractivity (Wildman–Crippen MR) is 58.3 cm³/mol. The molecule has 0 amide bonds. The van der Waals surface area contributed by atoms with Crippen LogP contribution in [0.5, 0.6) is 0 Å². The number of fused-ring (bicyclic) bond motifs is 3. The molecule has 2 heteroatoms. The molecule has 0 heterocycles. The first-order valence-electron chi connectivity index (χ1n) is 5.07. The Kier molecular flexibility index (Phi) is 1.81. The molecule has 1 fully saturated rings. The normalized spacial score (nSPS) is 29.1. The Morgan fingerprint density at radius 3 is 2.71 bits per heavy atom. The maximum absolute atomic E-state index is 11.7. The molecule has 14 heavy (non-hydrogen) atoms. The van der Waals surface area contributed by atoms with E-state index in [1.807, 2.05) is 6.07 Å². The van der Waals surface area contributed by atoms with E-state index in [2.05, 4.69) is 28.1 Å². The number of rotatable bonds is 0. The summed E-state index contributed by atoms with van der Waals surface area (Å²) in [6.45, 7) is 0. The van der Waals surface area contributed by atoms with Crippen LogP contribution in [0.4, 0.5) is 0 Å². The molecule has 72 valence electrons. The van der Waals surface area contributed by atoms with Gasteiger partial charge in [-0.1, -0.05) is 22.0 Å². The lowest BCUT2D eigenvalue weighted by molar-refractivity contribution is -0.126. The molecule has 1 aromatic rings. The molecule has 1 saturated carbocycles. The molecule has 3 rings (SSSR count). The number of ketones is 1. The molecule has 0 radical (unpaired) electrons. The smallest absolute Gasteiger partial charge is 0.140 e. The summed E-state index contributed by atoms with van der Waals surface area (Å²) in [6.07, 6.45) is 2.96. The number of carbonyl (C=O) groups is 1. The molecule has 0 aliphatic heterocycles. The number of carbonyl (C=O) groups excluding carboxylic acids is 1. The summed E-state index contributed by atoms with van der Waals surface area (Å²) in [5.41, 5.74) is 2.66. The van der Waals surface area contributed by atoms with Gasteiger partial charge in [0.25, 0.3) is 0 Å². The number of halogens is 1. The number of hydrogen-bond acceptors (Lipinski definition) is 1. The largest absolute Gasteiger partial charge is 0.299 e. The van der Waals surface area contributed by atoms with Gasteiger partial charge in [0, 0.05) is 16.8 Å². The van der Waals surface area contributed by atoms with E-state index in [9.17, 15) is 4.79 Å². The van der Waals surface area contributed by atoms with Gasteiger partial charge in [-0.25, -0.2) is 0 Å². The van der Waals surface area contributed by atoms with Crippen LogP contribution < -0.4 is 0 Å². The molecule has 2 atom stereocenters. The predicted octanol–water partition coefficient (Wildman–Crippen LogP) is 3.07. The van der Waals surface area contributed by atoms with Crippen molar-refractivity contribution in [2.75, 3.05) is 0 Å². The van der Waals surface area contributed by atoms with Crippen molar-refractivity contribution in [1.29, 1.82) is 0 Å². The van der Waals surface area contributed by atoms with Crippen molar-refractivity contribution < 1.29 is 4.79 Å². The highest BCUT2D eigenvalue weighted by Crippen LogP contribution is 2.48. The maximum atomic E-state index is 11.7. The SMILES string of the molecule is O=C1Cc2ccc(Br)cc2C2CCC12. The molecule has 1 nitrogen and oxygen atoms in total. The van der Waals surface area contributed by atoms with Crippen molar-refractivity contribution in [2.24, 2.45) is 5.92 Å². The highest BCUT2D eigenvalue weighted by Gasteiger charge is 2.41. The van der Waals surface area contributed by atoms with Gasteiger partial charge >= 0.3 is 0 Å². The number of Topliss-reactive ketones (excluding diaryl/α,β-unsaturated/α-hetero) is 1. The van der Waals surface area contributed by atoms with Gasteiger partial charge in [-0.15, -0.1) is 0 Å². The van der Waals surface area contributed by atoms with Crippen LogP contribution >= 0.6 is 15.9 Å². The van der Waals surface area contributed by atoms with Crippen molar-refractivity contribution >= 4 is 21.7 Å². The van der Waals surface area contributed by atoms with Crippen LogP contribution in [0.3, 0.4) is 0 Å². The Balaban J connectivity index is 2.12. The van der Waals surface area contributed by atoms with Crippen LogP contribution in [0.2, 0.25) is 0 Å². The summed E-state index contributed by atoms with van der Waals surface area (Å²) in [7, 11) is 0. The van der Waals surface area contributed by atoms with Crippen LogP contribution in [-0.2, 0) is 11.2 Å². The standard InChI is InChI=1S/C12H11BrO/c13-8-2-1-7-5-12(14)10-4-3-9(10)11(7)6-8/h1-2,6,9-10H,3-5H2. The first-order chi connectivity index (χ1) is 6.75. The van der Waals surface area contributed by atoms with Crippen molar-refractivity contribution in [1.82, 2.24) is 0 Å². The van der Waals surface area contributed by atoms with Gasteiger partial charge in [0.05, 0.1) is 0 Å². The molecule has 1 aromatic carbocycles. The van der Waals surface area contributed by atoms with Crippen LogP contribution in [0.25, 0.3) is 0 Å². The van der Waals surface area contributed by atoms with Crippen molar-refractivity contribution in [3.8, 4) is 0 Å². The highest BCUT2D eigenvalue weighted by atomic mass is 79.9. The van der Waals surface area contributed by atoms with Gasteiger partial charge < -0.3 is 0 Å². The maximum Gasteiger partial charge on any atom is 0.140 e. The van der Waals surface area contributed by atoms with Gasteiger partial charge in [0.2, 0.25) is 0 Å². The Labute approximate surface area is 91.6 Å². The van der Waals surface area contributed by atoms with Crippen molar-refractivity contribution in [2.45, 2.75) is 25.2 Å².